The van der Waals surface area contributed by atoms with E-state index in [4.69, 9.17) is 0 Å². The van der Waals surface area contributed by atoms with E-state index in [-0.39, 0.29) is 4.66 Å². The molecule has 4 heteroatoms. The molecule has 0 aliphatic heterocycles. The van der Waals surface area contributed by atoms with Crippen LogP contribution in [0.3, 0.4) is 0 Å². The van der Waals surface area contributed by atoms with Gasteiger partial charge in [-0.15, -0.1) is 6.58 Å². The van der Waals surface area contributed by atoms with Crippen molar-refractivity contribution in [1.29, 1.82) is 0 Å². The first-order chi connectivity index (χ1) is 5.12. The van der Waals surface area contributed by atoms with Crippen molar-refractivity contribution in [2.75, 3.05) is 4.66 Å². The third kappa shape index (κ3) is 6.31. The van der Waals surface area contributed by atoms with Gasteiger partial charge >= 0.3 is 0 Å². The molecule has 0 aromatic rings. The number of sulfone groups is 1. The molecule has 0 bridgehead atoms. The molecule has 0 aromatic carbocycles. The molecule has 0 aliphatic rings. The molecule has 11 heavy (non-hydrogen) atoms. The van der Waals surface area contributed by atoms with Gasteiger partial charge in [-0.2, -0.15) is 0 Å². The fraction of sp³-hybridized carbons (Fsp3) is 0.429. The van der Waals surface area contributed by atoms with E-state index < -0.39 is 9.84 Å². The van der Waals surface area contributed by atoms with E-state index in [1.54, 1.807) is 12.2 Å². The van der Waals surface area contributed by atoms with Crippen LogP contribution in [0.2, 0.25) is 0 Å². The van der Waals surface area contributed by atoms with Gasteiger partial charge in [0.15, 0.2) is 9.84 Å². The fourth-order valence-corrected chi connectivity index (χ4v) is 1.42. The molecule has 0 saturated carbocycles. The normalized spacial score (nSPS) is 12.1. The van der Waals surface area contributed by atoms with Gasteiger partial charge in [0.1, 0.15) is 4.66 Å². The number of hydrogen-bond acceptors (Lipinski definition) is 2. The lowest BCUT2D eigenvalue weighted by Crippen LogP contribution is -1.93. The van der Waals surface area contributed by atoms with Crippen molar-refractivity contribution in [3.8, 4) is 0 Å². The molecule has 0 radical (unpaired) electrons. The summed E-state index contributed by atoms with van der Waals surface area (Å²) in [6, 6.07) is 0. The summed E-state index contributed by atoms with van der Waals surface area (Å²) < 4.78 is 21.6. The van der Waals surface area contributed by atoms with Crippen LogP contribution in [0.5, 0.6) is 0 Å². The summed E-state index contributed by atoms with van der Waals surface area (Å²) in [6.45, 7) is 3.52. The van der Waals surface area contributed by atoms with Crippen molar-refractivity contribution in [2.45, 2.75) is 12.8 Å². The lowest BCUT2D eigenvalue weighted by atomic mass is 10.3. The predicted molar refractivity (Wildman–Crippen MR) is 51.3 cm³/mol. The molecule has 0 heterocycles. The maximum absolute atomic E-state index is 10.8. The molecule has 64 valence electrons. The zero-order valence-corrected chi connectivity index (χ0v) is 8.57. The number of allylic oxidation sites excluding steroid dienone is 2. The summed E-state index contributed by atoms with van der Waals surface area (Å²) >= 11 is 2.88. The Hall–Kier alpha value is -0.0900. The Kier molecular flexibility index (Phi) is 5.50. The SMILES string of the molecule is C=CCC/C=C/S(=O)(=O)CBr. The largest absolute Gasteiger partial charge is 0.223 e. The maximum Gasteiger partial charge on any atom is 0.181 e. The monoisotopic (exact) mass is 238 g/mol. The second-order valence-corrected chi connectivity index (χ2v) is 5.20. The van der Waals surface area contributed by atoms with Crippen molar-refractivity contribution in [3.05, 3.63) is 24.1 Å². The molecule has 0 aliphatic carbocycles. The number of alkyl halides is 1. The van der Waals surface area contributed by atoms with Crippen molar-refractivity contribution in [1.82, 2.24) is 0 Å². The van der Waals surface area contributed by atoms with Gasteiger partial charge in [-0.1, -0.05) is 28.1 Å². The number of hydrogen-bond donors (Lipinski definition) is 0. The van der Waals surface area contributed by atoms with Crippen LogP contribution in [-0.2, 0) is 9.84 Å². The van der Waals surface area contributed by atoms with Gasteiger partial charge in [-0.05, 0) is 12.8 Å². The Morgan fingerprint density at radius 1 is 1.36 bits per heavy atom. The molecule has 0 unspecified atom stereocenters. The Labute approximate surface area is 76.0 Å². The van der Waals surface area contributed by atoms with E-state index in [1.807, 2.05) is 0 Å². The maximum atomic E-state index is 10.8. The smallest absolute Gasteiger partial charge is 0.181 e. The zero-order valence-electron chi connectivity index (χ0n) is 6.16. The lowest BCUT2D eigenvalue weighted by Gasteiger charge is -1.88. The Balaban J connectivity index is 3.83. The molecular weight excluding hydrogens is 228 g/mol. The van der Waals surface area contributed by atoms with Crippen molar-refractivity contribution < 1.29 is 8.42 Å². The molecule has 0 spiro atoms. The van der Waals surface area contributed by atoms with Crippen LogP contribution < -0.4 is 0 Å². The van der Waals surface area contributed by atoms with Gasteiger partial charge in [0, 0.05) is 5.41 Å². The summed E-state index contributed by atoms with van der Waals surface area (Å²) in [4.78, 5) is 0. The number of unbranched alkanes of at least 4 members (excludes halogenated alkanes) is 1. The molecular formula is C7H11BrO2S. The average molecular weight is 239 g/mol. The van der Waals surface area contributed by atoms with Gasteiger partial charge in [-0.3, -0.25) is 0 Å². The number of rotatable bonds is 5. The predicted octanol–water partition coefficient (Wildman–Crippen LogP) is 2.23. The second kappa shape index (κ2) is 5.55. The molecule has 0 fully saturated rings. The highest BCUT2D eigenvalue weighted by Gasteiger charge is 1.99. The first-order valence-corrected chi connectivity index (χ1v) is 6.02. The summed E-state index contributed by atoms with van der Waals surface area (Å²) in [6.07, 6.45) is 4.94. The highest BCUT2D eigenvalue weighted by molar-refractivity contribution is 9.10. The van der Waals surface area contributed by atoms with Crippen LogP contribution in [0, 0.1) is 0 Å². The van der Waals surface area contributed by atoms with E-state index in [0.717, 1.165) is 12.8 Å². The average Bonchev–Trinajstić information content (AvgIpc) is 1.99. The van der Waals surface area contributed by atoms with Crippen LogP contribution in [0.15, 0.2) is 24.1 Å². The van der Waals surface area contributed by atoms with Crippen molar-refractivity contribution in [3.63, 3.8) is 0 Å². The van der Waals surface area contributed by atoms with Crippen LogP contribution in [0.1, 0.15) is 12.8 Å². The van der Waals surface area contributed by atoms with Crippen molar-refractivity contribution in [2.24, 2.45) is 0 Å². The molecule has 0 saturated heterocycles. The molecule has 2 nitrogen and oxygen atoms in total. The second-order valence-electron chi connectivity index (χ2n) is 2.01. The Morgan fingerprint density at radius 2 is 2.00 bits per heavy atom. The van der Waals surface area contributed by atoms with Crippen molar-refractivity contribution >= 4 is 25.8 Å². The van der Waals surface area contributed by atoms with Crippen LogP contribution in [0.25, 0.3) is 0 Å². The minimum absolute atomic E-state index is 0.00934. The van der Waals surface area contributed by atoms with Gasteiger partial charge < -0.3 is 0 Å². The minimum atomic E-state index is -3.00. The summed E-state index contributed by atoms with van der Waals surface area (Å²) in [7, 11) is -3.00. The Morgan fingerprint density at radius 3 is 2.45 bits per heavy atom. The fourth-order valence-electron chi connectivity index (χ4n) is 0.465. The van der Waals surface area contributed by atoms with Crippen LogP contribution in [0.4, 0.5) is 0 Å². The standard InChI is InChI=1S/C7H11BrO2S/c1-2-3-4-5-6-11(9,10)7-8/h2,5-6H,1,3-4,7H2/b6-5+. The highest BCUT2D eigenvalue weighted by Crippen LogP contribution is 2.00. The molecule has 0 aromatic heterocycles. The van der Waals surface area contributed by atoms with E-state index in [0.29, 0.717) is 0 Å². The third-order valence-corrected chi connectivity index (χ3v) is 3.82. The lowest BCUT2D eigenvalue weighted by molar-refractivity contribution is 0.609. The first-order valence-electron chi connectivity index (χ1n) is 3.18. The first kappa shape index (κ1) is 10.9. The van der Waals surface area contributed by atoms with Gasteiger partial charge in [-0.25, -0.2) is 8.42 Å². The topological polar surface area (TPSA) is 34.1 Å². The van der Waals surface area contributed by atoms with E-state index in [2.05, 4.69) is 22.5 Å². The van der Waals surface area contributed by atoms with E-state index >= 15 is 0 Å². The summed E-state index contributed by atoms with van der Waals surface area (Å²) in [5, 5.41) is 1.23. The minimum Gasteiger partial charge on any atom is -0.223 e. The molecule has 0 rings (SSSR count). The van der Waals surface area contributed by atoms with Crippen LogP contribution in [-0.4, -0.2) is 13.1 Å². The highest BCUT2D eigenvalue weighted by atomic mass is 79.9. The third-order valence-electron chi connectivity index (χ3n) is 0.993. The number of halogens is 1. The summed E-state index contributed by atoms with van der Waals surface area (Å²) in [5.74, 6) is 0. The van der Waals surface area contributed by atoms with Gasteiger partial charge in [0.2, 0.25) is 0 Å². The molecule has 0 N–H and O–H groups in total. The Bertz CT molecular complexity index is 229. The summed E-state index contributed by atoms with van der Waals surface area (Å²) in [5.41, 5.74) is 0. The zero-order chi connectivity index (χ0) is 8.74. The van der Waals surface area contributed by atoms with Crippen LogP contribution >= 0.6 is 15.9 Å². The molecule has 0 atom stereocenters. The quantitative estimate of drug-likeness (QED) is 0.419. The molecule has 0 amide bonds. The van der Waals surface area contributed by atoms with Gasteiger partial charge in [0.25, 0.3) is 0 Å². The van der Waals surface area contributed by atoms with E-state index in [1.165, 1.54) is 5.41 Å². The van der Waals surface area contributed by atoms with Gasteiger partial charge in [0.05, 0.1) is 0 Å². The van der Waals surface area contributed by atoms with E-state index in [9.17, 15) is 8.42 Å².